The van der Waals surface area contributed by atoms with Crippen LogP contribution in [0.15, 0.2) is 24.3 Å². The van der Waals surface area contributed by atoms with Gasteiger partial charge < -0.3 is 5.11 Å². The summed E-state index contributed by atoms with van der Waals surface area (Å²) in [4.78, 5) is 0. The van der Waals surface area contributed by atoms with Crippen LogP contribution in [-0.2, 0) is 0 Å². The van der Waals surface area contributed by atoms with Gasteiger partial charge in [-0.25, -0.2) is 0 Å². The Morgan fingerprint density at radius 3 is 2.65 bits per heavy atom. The first-order valence-electron chi connectivity index (χ1n) is 7.25. The first-order chi connectivity index (χ1) is 8.24. The van der Waals surface area contributed by atoms with Gasteiger partial charge in [0.05, 0.1) is 6.10 Å². The largest absolute Gasteiger partial charge is 0.389 e. The van der Waals surface area contributed by atoms with E-state index in [1.165, 1.54) is 44.9 Å². The minimum Gasteiger partial charge on any atom is -0.389 e. The molecule has 0 unspecified atom stereocenters. The Labute approximate surface area is 107 Å². The zero-order chi connectivity index (χ0) is 12.5. The molecular formula is C16H28O. The van der Waals surface area contributed by atoms with Crippen molar-refractivity contribution in [2.24, 2.45) is 11.8 Å². The predicted octanol–water partition coefficient (Wildman–Crippen LogP) is 4.48. The smallest absolute Gasteiger partial charge is 0.0695 e. The number of aliphatic hydroxyl groups excluding tert-OH is 1. The van der Waals surface area contributed by atoms with Crippen LogP contribution >= 0.6 is 0 Å². The van der Waals surface area contributed by atoms with Crippen LogP contribution in [0.2, 0.25) is 0 Å². The van der Waals surface area contributed by atoms with Crippen LogP contribution < -0.4 is 0 Å². The molecule has 0 aromatic carbocycles. The number of hydrogen-bond acceptors (Lipinski definition) is 1. The molecule has 17 heavy (non-hydrogen) atoms. The molecule has 1 rings (SSSR count). The zero-order valence-electron chi connectivity index (χ0n) is 11.4. The number of allylic oxidation sites excluding steroid dienone is 3. The fourth-order valence-corrected chi connectivity index (χ4v) is 2.38. The van der Waals surface area contributed by atoms with Crippen LogP contribution in [0.5, 0.6) is 0 Å². The monoisotopic (exact) mass is 236 g/mol. The third kappa shape index (κ3) is 7.38. The maximum Gasteiger partial charge on any atom is 0.0695 e. The van der Waals surface area contributed by atoms with E-state index in [0.29, 0.717) is 0 Å². The highest BCUT2D eigenvalue weighted by Crippen LogP contribution is 2.45. The van der Waals surface area contributed by atoms with Gasteiger partial charge in [0, 0.05) is 0 Å². The van der Waals surface area contributed by atoms with Gasteiger partial charge >= 0.3 is 0 Å². The van der Waals surface area contributed by atoms with E-state index in [2.05, 4.69) is 19.1 Å². The Bertz CT molecular complexity index is 240. The van der Waals surface area contributed by atoms with Crippen molar-refractivity contribution in [1.29, 1.82) is 0 Å². The van der Waals surface area contributed by atoms with Crippen LogP contribution in [-0.4, -0.2) is 11.2 Å². The van der Waals surface area contributed by atoms with Gasteiger partial charge in [-0.15, -0.1) is 0 Å². The predicted molar refractivity (Wildman–Crippen MR) is 74.9 cm³/mol. The van der Waals surface area contributed by atoms with Crippen molar-refractivity contribution in [3.05, 3.63) is 24.3 Å². The van der Waals surface area contributed by atoms with Gasteiger partial charge in [0.25, 0.3) is 0 Å². The van der Waals surface area contributed by atoms with Crippen molar-refractivity contribution in [3.8, 4) is 0 Å². The van der Waals surface area contributed by atoms with E-state index < -0.39 is 0 Å². The minimum atomic E-state index is -0.328. The highest BCUT2D eigenvalue weighted by molar-refractivity contribution is 5.04. The molecule has 0 radical (unpaired) electrons. The van der Waals surface area contributed by atoms with Gasteiger partial charge in [0.1, 0.15) is 0 Å². The highest BCUT2D eigenvalue weighted by atomic mass is 16.3. The van der Waals surface area contributed by atoms with E-state index in [-0.39, 0.29) is 6.10 Å². The van der Waals surface area contributed by atoms with Crippen LogP contribution in [0.3, 0.4) is 0 Å². The first-order valence-corrected chi connectivity index (χ1v) is 7.25. The van der Waals surface area contributed by atoms with Crippen molar-refractivity contribution >= 4 is 0 Å². The molecule has 1 N–H and O–H groups in total. The second kappa shape index (κ2) is 8.52. The molecular weight excluding hydrogens is 208 g/mol. The number of rotatable bonds is 9. The van der Waals surface area contributed by atoms with E-state index in [1.54, 1.807) is 13.0 Å². The first kappa shape index (κ1) is 14.5. The van der Waals surface area contributed by atoms with Crippen molar-refractivity contribution in [2.45, 2.75) is 64.9 Å². The van der Waals surface area contributed by atoms with E-state index in [4.69, 9.17) is 5.11 Å². The second-order valence-electron chi connectivity index (χ2n) is 5.38. The minimum absolute atomic E-state index is 0.328. The lowest BCUT2D eigenvalue weighted by Crippen LogP contribution is -1.90. The van der Waals surface area contributed by atoms with Crippen LogP contribution in [0.1, 0.15) is 58.8 Å². The standard InChI is InChI=1S/C16H28O/c1-3-4-7-11-15-13-16(15)12-9-6-5-8-10-14(2)17/h5-6,8,10,14-17H,3-4,7,9,11-13H2,1-2H3/b6-5-,10-8+/t14-,15-,16+/m1/s1. The molecule has 0 aromatic rings. The zero-order valence-corrected chi connectivity index (χ0v) is 11.4. The summed E-state index contributed by atoms with van der Waals surface area (Å²) in [5, 5.41) is 9.02. The van der Waals surface area contributed by atoms with E-state index in [0.717, 1.165) is 11.8 Å². The summed E-state index contributed by atoms with van der Waals surface area (Å²) in [5.74, 6) is 2.06. The van der Waals surface area contributed by atoms with E-state index in [1.807, 2.05) is 6.08 Å². The topological polar surface area (TPSA) is 20.2 Å². The molecule has 1 nitrogen and oxygen atoms in total. The van der Waals surface area contributed by atoms with Crippen LogP contribution in [0, 0.1) is 11.8 Å². The lowest BCUT2D eigenvalue weighted by atomic mass is 10.1. The fraction of sp³-hybridized carbons (Fsp3) is 0.750. The third-order valence-corrected chi connectivity index (χ3v) is 3.59. The lowest BCUT2D eigenvalue weighted by Gasteiger charge is -1.98. The maximum atomic E-state index is 9.02. The van der Waals surface area contributed by atoms with Gasteiger partial charge in [0.15, 0.2) is 0 Å². The third-order valence-electron chi connectivity index (χ3n) is 3.59. The molecule has 1 aliphatic rings. The van der Waals surface area contributed by atoms with Crippen molar-refractivity contribution in [1.82, 2.24) is 0 Å². The quantitative estimate of drug-likeness (QED) is 0.462. The van der Waals surface area contributed by atoms with Crippen LogP contribution in [0.4, 0.5) is 0 Å². The Morgan fingerprint density at radius 1 is 1.18 bits per heavy atom. The Hall–Kier alpha value is -0.560. The average Bonchev–Trinajstić information content (AvgIpc) is 3.02. The van der Waals surface area contributed by atoms with Crippen molar-refractivity contribution in [2.75, 3.05) is 0 Å². The SMILES string of the molecule is CCCCC[C@@H]1C[C@@H]1CC/C=C\C=C\[C@@H](C)O. The Morgan fingerprint density at radius 2 is 1.94 bits per heavy atom. The van der Waals surface area contributed by atoms with Gasteiger partial charge in [-0.2, -0.15) is 0 Å². The van der Waals surface area contributed by atoms with Crippen molar-refractivity contribution < 1.29 is 5.11 Å². The second-order valence-corrected chi connectivity index (χ2v) is 5.38. The average molecular weight is 236 g/mol. The normalized spacial score (nSPS) is 25.8. The molecule has 0 aromatic heterocycles. The highest BCUT2D eigenvalue weighted by Gasteiger charge is 2.34. The molecule has 1 aliphatic carbocycles. The van der Waals surface area contributed by atoms with Gasteiger partial charge in [-0.1, -0.05) is 56.9 Å². The lowest BCUT2D eigenvalue weighted by molar-refractivity contribution is 0.244. The molecule has 3 atom stereocenters. The number of hydrogen-bond donors (Lipinski definition) is 1. The van der Waals surface area contributed by atoms with Gasteiger partial charge in [0.2, 0.25) is 0 Å². The molecule has 0 amide bonds. The number of unbranched alkanes of at least 4 members (excludes halogenated alkanes) is 2. The molecule has 0 aliphatic heterocycles. The van der Waals surface area contributed by atoms with Crippen LogP contribution in [0.25, 0.3) is 0 Å². The molecule has 1 heteroatoms. The summed E-state index contributed by atoms with van der Waals surface area (Å²) >= 11 is 0. The maximum absolute atomic E-state index is 9.02. The van der Waals surface area contributed by atoms with Gasteiger partial charge in [-0.3, -0.25) is 0 Å². The Balaban J connectivity index is 1.95. The van der Waals surface area contributed by atoms with Gasteiger partial charge in [-0.05, 0) is 38.0 Å². The molecule has 0 spiro atoms. The van der Waals surface area contributed by atoms with Crippen molar-refractivity contribution in [3.63, 3.8) is 0 Å². The summed E-state index contributed by atoms with van der Waals surface area (Å²) in [5.41, 5.74) is 0. The molecule has 0 bridgehead atoms. The molecule has 1 fully saturated rings. The Kier molecular flexibility index (Phi) is 7.27. The molecule has 0 heterocycles. The summed E-state index contributed by atoms with van der Waals surface area (Å²) in [6.45, 7) is 4.05. The fourth-order valence-electron chi connectivity index (χ4n) is 2.38. The molecule has 1 saturated carbocycles. The van der Waals surface area contributed by atoms with E-state index >= 15 is 0 Å². The number of aliphatic hydroxyl groups is 1. The summed E-state index contributed by atoms with van der Waals surface area (Å²) < 4.78 is 0. The summed E-state index contributed by atoms with van der Waals surface area (Å²) in [7, 11) is 0. The summed E-state index contributed by atoms with van der Waals surface area (Å²) in [6.07, 6.45) is 17.4. The van der Waals surface area contributed by atoms with E-state index in [9.17, 15) is 0 Å². The molecule has 98 valence electrons. The molecule has 0 saturated heterocycles. The summed E-state index contributed by atoms with van der Waals surface area (Å²) in [6, 6.07) is 0.